The van der Waals surface area contributed by atoms with Gasteiger partial charge in [0.15, 0.2) is 0 Å². The molecule has 0 bridgehead atoms. The van der Waals surface area contributed by atoms with Gasteiger partial charge in [-0.25, -0.2) is 0 Å². The summed E-state index contributed by atoms with van der Waals surface area (Å²) in [6.45, 7) is 5.96. The van der Waals surface area contributed by atoms with Gasteiger partial charge in [-0.05, 0) is 49.1 Å². The molecule has 0 radical (unpaired) electrons. The largest absolute Gasteiger partial charge is 0.312 e. The summed E-state index contributed by atoms with van der Waals surface area (Å²) in [4.78, 5) is 10.2. The van der Waals surface area contributed by atoms with Crippen molar-refractivity contribution in [2.75, 3.05) is 6.54 Å². The Morgan fingerprint density at radius 3 is 2.48 bits per heavy atom. The molecule has 0 aliphatic heterocycles. The van der Waals surface area contributed by atoms with E-state index in [1.165, 1.54) is 16.7 Å². The number of rotatable bonds is 6. The van der Waals surface area contributed by atoms with Crippen LogP contribution in [0.15, 0.2) is 42.5 Å². The third kappa shape index (κ3) is 4.13. The quantitative estimate of drug-likeness (QED) is 0.501. The molecule has 0 spiro atoms. The third-order valence-corrected chi connectivity index (χ3v) is 3.77. The summed E-state index contributed by atoms with van der Waals surface area (Å²) < 4.78 is 0. The van der Waals surface area contributed by atoms with E-state index in [9.17, 15) is 10.1 Å². The molecule has 0 heterocycles. The molecule has 0 unspecified atom stereocenters. The number of hydrogen-bond acceptors (Lipinski definition) is 3. The molecule has 0 atom stereocenters. The molecule has 2 aromatic carbocycles. The van der Waals surface area contributed by atoms with Crippen molar-refractivity contribution in [1.82, 2.24) is 5.32 Å². The molecule has 2 rings (SSSR count). The summed E-state index contributed by atoms with van der Waals surface area (Å²) in [7, 11) is 0. The molecule has 0 aliphatic carbocycles. The Kier molecular flexibility index (Phi) is 5.06. The van der Waals surface area contributed by atoms with E-state index in [4.69, 9.17) is 0 Å². The molecule has 21 heavy (non-hydrogen) atoms. The topological polar surface area (TPSA) is 55.2 Å². The van der Waals surface area contributed by atoms with Gasteiger partial charge in [-0.2, -0.15) is 0 Å². The van der Waals surface area contributed by atoms with E-state index in [-0.39, 0.29) is 10.6 Å². The van der Waals surface area contributed by atoms with Crippen LogP contribution in [0.25, 0.3) is 0 Å². The van der Waals surface area contributed by atoms with Gasteiger partial charge in [0, 0.05) is 18.7 Å². The van der Waals surface area contributed by atoms with Crippen molar-refractivity contribution < 1.29 is 4.92 Å². The highest BCUT2D eigenvalue weighted by Crippen LogP contribution is 2.13. The first kappa shape index (κ1) is 15.2. The first-order chi connectivity index (χ1) is 10.1. The average Bonchev–Trinajstić information content (AvgIpc) is 2.48. The predicted octanol–water partition coefficient (Wildman–Crippen LogP) is 3.54. The van der Waals surface area contributed by atoms with Crippen LogP contribution in [-0.2, 0) is 13.0 Å². The Morgan fingerprint density at radius 1 is 1.10 bits per heavy atom. The molecule has 0 amide bonds. The van der Waals surface area contributed by atoms with Gasteiger partial charge < -0.3 is 5.32 Å². The van der Waals surface area contributed by atoms with E-state index >= 15 is 0 Å². The smallest absolute Gasteiger partial charge is 0.269 e. The number of nitrogens with zero attached hydrogens (tertiary/aromatic N) is 1. The SMILES string of the molecule is Cc1cccc(CNCCc2ccc([N+](=O)[O-])cc2)c1C. The van der Waals surface area contributed by atoms with Crippen molar-refractivity contribution in [3.05, 3.63) is 74.8 Å². The van der Waals surface area contributed by atoms with Crippen LogP contribution in [-0.4, -0.2) is 11.5 Å². The molecular weight excluding hydrogens is 264 g/mol. The number of aryl methyl sites for hydroxylation is 1. The van der Waals surface area contributed by atoms with Gasteiger partial charge in [0.05, 0.1) is 4.92 Å². The van der Waals surface area contributed by atoms with Crippen LogP contribution in [0, 0.1) is 24.0 Å². The molecule has 110 valence electrons. The predicted molar refractivity (Wildman–Crippen MR) is 84.4 cm³/mol. The summed E-state index contributed by atoms with van der Waals surface area (Å²) >= 11 is 0. The fourth-order valence-electron chi connectivity index (χ4n) is 2.24. The fourth-order valence-corrected chi connectivity index (χ4v) is 2.24. The molecule has 0 saturated heterocycles. The van der Waals surface area contributed by atoms with Gasteiger partial charge in [-0.15, -0.1) is 0 Å². The summed E-state index contributed by atoms with van der Waals surface area (Å²) in [6.07, 6.45) is 0.864. The van der Waals surface area contributed by atoms with Gasteiger partial charge in [0.2, 0.25) is 0 Å². The highest BCUT2D eigenvalue weighted by atomic mass is 16.6. The van der Waals surface area contributed by atoms with Crippen molar-refractivity contribution in [1.29, 1.82) is 0 Å². The van der Waals surface area contributed by atoms with Crippen molar-refractivity contribution in [2.45, 2.75) is 26.8 Å². The monoisotopic (exact) mass is 284 g/mol. The normalized spacial score (nSPS) is 10.6. The lowest BCUT2D eigenvalue weighted by Gasteiger charge is -2.10. The maximum absolute atomic E-state index is 10.6. The number of nitrogens with one attached hydrogen (secondary N) is 1. The zero-order valence-corrected chi connectivity index (χ0v) is 12.4. The molecule has 4 nitrogen and oxygen atoms in total. The third-order valence-electron chi connectivity index (χ3n) is 3.77. The Bertz CT molecular complexity index is 621. The maximum atomic E-state index is 10.6. The second kappa shape index (κ2) is 6.99. The molecule has 0 fully saturated rings. The van der Waals surface area contributed by atoms with Crippen LogP contribution in [0.2, 0.25) is 0 Å². The van der Waals surface area contributed by atoms with Crippen molar-refractivity contribution in [2.24, 2.45) is 0 Å². The Balaban J connectivity index is 1.82. The minimum absolute atomic E-state index is 0.141. The van der Waals surface area contributed by atoms with Gasteiger partial charge in [0.25, 0.3) is 5.69 Å². The zero-order chi connectivity index (χ0) is 15.2. The number of benzene rings is 2. The highest BCUT2D eigenvalue weighted by molar-refractivity contribution is 5.34. The lowest BCUT2D eigenvalue weighted by atomic mass is 10.0. The standard InChI is InChI=1S/C17H20N2O2/c1-13-4-3-5-16(14(13)2)12-18-11-10-15-6-8-17(9-7-15)19(20)21/h3-9,18H,10-12H2,1-2H3. The minimum Gasteiger partial charge on any atom is -0.312 e. The van der Waals surface area contributed by atoms with Crippen molar-refractivity contribution >= 4 is 5.69 Å². The number of non-ortho nitro benzene ring substituents is 1. The first-order valence-electron chi connectivity index (χ1n) is 7.07. The van der Waals surface area contributed by atoms with E-state index in [0.29, 0.717) is 0 Å². The summed E-state index contributed by atoms with van der Waals surface area (Å²) in [5.41, 5.74) is 5.21. The van der Waals surface area contributed by atoms with Crippen molar-refractivity contribution in [3.63, 3.8) is 0 Å². The second-order valence-electron chi connectivity index (χ2n) is 5.21. The van der Waals surface area contributed by atoms with Crippen LogP contribution in [0.4, 0.5) is 5.69 Å². The van der Waals surface area contributed by atoms with Gasteiger partial charge in [0.1, 0.15) is 0 Å². The molecular formula is C17H20N2O2. The van der Waals surface area contributed by atoms with E-state index in [2.05, 4.69) is 37.4 Å². The molecule has 0 aromatic heterocycles. The molecule has 2 aromatic rings. The maximum Gasteiger partial charge on any atom is 0.269 e. The van der Waals surface area contributed by atoms with Crippen LogP contribution in [0.1, 0.15) is 22.3 Å². The van der Waals surface area contributed by atoms with Gasteiger partial charge in [-0.3, -0.25) is 10.1 Å². The number of hydrogen-bond donors (Lipinski definition) is 1. The minimum atomic E-state index is -0.372. The summed E-state index contributed by atoms with van der Waals surface area (Å²) in [5, 5.41) is 14.0. The number of nitro benzene ring substituents is 1. The molecule has 4 heteroatoms. The lowest BCUT2D eigenvalue weighted by molar-refractivity contribution is -0.384. The van der Waals surface area contributed by atoms with Crippen LogP contribution >= 0.6 is 0 Å². The molecule has 0 saturated carbocycles. The molecule has 1 N–H and O–H groups in total. The lowest BCUT2D eigenvalue weighted by Crippen LogP contribution is -2.17. The first-order valence-corrected chi connectivity index (χ1v) is 7.07. The summed E-state index contributed by atoms with van der Waals surface area (Å²) in [6, 6.07) is 13.1. The van der Waals surface area contributed by atoms with E-state index in [0.717, 1.165) is 25.1 Å². The second-order valence-corrected chi connectivity index (χ2v) is 5.21. The Labute approximate surface area is 125 Å². The highest BCUT2D eigenvalue weighted by Gasteiger charge is 2.04. The Morgan fingerprint density at radius 2 is 1.81 bits per heavy atom. The van der Waals surface area contributed by atoms with E-state index in [1.54, 1.807) is 12.1 Å². The van der Waals surface area contributed by atoms with Gasteiger partial charge in [-0.1, -0.05) is 30.3 Å². The van der Waals surface area contributed by atoms with Crippen molar-refractivity contribution in [3.8, 4) is 0 Å². The van der Waals surface area contributed by atoms with Crippen LogP contribution in [0.3, 0.4) is 0 Å². The van der Waals surface area contributed by atoms with Crippen LogP contribution in [0.5, 0.6) is 0 Å². The number of nitro groups is 1. The fraction of sp³-hybridized carbons (Fsp3) is 0.294. The molecule has 0 aliphatic rings. The van der Waals surface area contributed by atoms with E-state index < -0.39 is 0 Å². The summed E-state index contributed by atoms with van der Waals surface area (Å²) in [5.74, 6) is 0. The average molecular weight is 284 g/mol. The van der Waals surface area contributed by atoms with Gasteiger partial charge >= 0.3 is 0 Å². The van der Waals surface area contributed by atoms with Crippen LogP contribution < -0.4 is 5.32 Å². The Hall–Kier alpha value is -2.20. The zero-order valence-electron chi connectivity index (χ0n) is 12.4. The van der Waals surface area contributed by atoms with E-state index in [1.807, 2.05) is 12.1 Å².